The van der Waals surface area contributed by atoms with Crippen molar-refractivity contribution in [2.45, 2.75) is 51.6 Å². The normalized spacial score (nSPS) is 13.6. The van der Waals surface area contributed by atoms with Gasteiger partial charge in [-0.15, -0.1) is 0 Å². The first-order valence-corrected chi connectivity index (χ1v) is 10.8. The lowest BCUT2D eigenvalue weighted by molar-refractivity contribution is -0.154. The number of hydrogen-bond acceptors (Lipinski definition) is 6. The van der Waals surface area contributed by atoms with Crippen LogP contribution in [-0.2, 0) is 32.8 Å². The van der Waals surface area contributed by atoms with Gasteiger partial charge in [-0.05, 0) is 32.9 Å². The van der Waals surface area contributed by atoms with E-state index in [2.05, 4.69) is 4.98 Å². The molecule has 1 aromatic heterocycles. The lowest BCUT2D eigenvalue weighted by Gasteiger charge is -2.34. The summed E-state index contributed by atoms with van der Waals surface area (Å²) < 4.78 is 133. The molecular weight excluding hydrogens is 565 g/mol. The van der Waals surface area contributed by atoms with Crippen molar-refractivity contribution in [1.29, 1.82) is 0 Å². The fourth-order valence-electron chi connectivity index (χ4n) is 3.29. The van der Waals surface area contributed by atoms with Gasteiger partial charge in [-0.3, -0.25) is 14.3 Å². The van der Waals surface area contributed by atoms with Crippen LogP contribution in [0.15, 0.2) is 23.0 Å². The Bertz CT molecular complexity index is 1240. The number of carbonyl (C=O) groups excluding carboxylic acids is 1. The molecule has 0 saturated heterocycles. The molecule has 0 bridgehead atoms. The van der Waals surface area contributed by atoms with E-state index in [9.17, 15) is 49.1 Å². The summed E-state index contributed by atoms with van der Waals surface area (Å²) in [5.74, 6) is -2.63. The van der Waals surface area contributed by atoms with Gasteiger partial charge in [-0.25, -0.2) is 9.78 Å². The van der Waals surface area contributed by atoms with Gasteiger partial charge in [-0.1, -0.05) is 11.6 Å². The highest BCUT2D eigenvalue weighted by Gasteiger charge is 2.44. The van der Waals surface area contributed by atoms with E-state index in [1.807, 2.05) is 0 Å². The third-order valence-corrected chi connectivity index (χ3v) is 5.24. The van der Waals surface area contributed by atoms with Gasteiger partial charge in [0.05, 0.1) is 28.4 Å². The molecule has 1 aromatic carbocycles. The summed E-state index contributed by atoms with van der Waals surface area (Å²) in [7, 11) is 0.770. The van der Waals surface area contributed by atoms with Gasteiger partial charge in [0.1, 0.15) is 0 Å². The molecule has 0 saturated carbocycles. The summed E-state index contributed by atoms with van der Waals surface area (Å²) >= 11 is 5.87. The number of halogens is 10. The number of aromatic nitrogens is 2. The molecular formula is C21H19ClF9N3O4. The summed E-state index contributed by atoms with van der Waals surface area (Å²) in [6.07, 6.45) is -18.5. The zero-order chi connectivity index (χ0) is 29.4. The number of benzene rings is 1. The lowest BCUT2D eigenvalue weighted by Crippen LogP contribution is -2.45. The number of esters is 1. The minimum absolute atomic E-state index is 0.0555. The molecule has 1 unspecified atom stereocenters. The molecule has 0 N–H and O–H groups in total. The van der Waals surface area contributed by atoms with Gasteiger partial charge in [0.15, 0.2) is 5.69 Å². The maximum Gasteiger partial charge on any atom is 0.433 e. The molecule has 2 rings (SSSR count). The first-order valence-electron chi connectivity index (χ1n) is 10.4. The number of hydrogen-bond donors (Lipinski definition) is 0. The van der Waals surface area contributed by atoms with Crippen molar-refractivity contribution in [1.82, 2.24) is 9.55 Å². The van der Waals surface area contributed by atoms with Gasteiger partial charge >= 0.3 is 24.5 Å². The number of alkyl halides is 9. The molecule has 0 aliphatic rings. The molecule has 0 fully saturated rings. The third-order valence-electron chi connectivity index (χ3n) is 4.85. The molecule has 7 nitrogen and oxygen atoms in total. The van der Waals surface area contributed by atoms with Crippen LogP contribution in [0.25, 0.3) is 0 Å². The molecule has 1 heterocycles. The predicted molar refractivity (Wildman–Crippen MR) is 115 cm³/mol. The summed E-state index contributed by atoms with van der Waals surface area (Å²) in [5, 5.41) is -1.45. The highest BCUT2D eigenvalue weighted by atomic mass is 35.5. The Morgan fingerprint density at radius 1 is 1.03 bits per heavy atom. The number of carbonyl (C=O) groups is 1. The van der Waals surface area contributed by atoms with E-state index in [4.69, 9.17) is 21.1 Å². The molecule has 17 heteroatoms. The fourth-order valence-corrected chi connectivity index (χ4v) is 3.60. The van der Waals surface area contributed by atoms with Crippen molar-refractivity contribution in [3.8, 4) is 0 Å². The van der Waals surface area contributed by atoms with Crippen LogP contribution in [0.3, 0.4) is 0 Å². The molecule has 212 valence electrons. The zero-order valence-corrected chi connectivity index (χ0v) is 20.6. The van der Waals surface area contributed by atoms with Gasteiger partial charge in [-0.2, -0.15) is 39.5 Å². The van der Waals surface area contributed by atoms with Crippen LogP contribution in [0.2, 0.25) is 5.02 Å². The van der Waals surface area contributed by atoms with E-state index in [-0.39, 0.29) is 29.7 Å². The Hall–Kier alpha value is -3.01. The van der Waals surface area contributed by atoms with Crippen molar-refractivity contribution >= 4 is 29.2 Å². The zero-order valence-electron chi connectivity index (χ0n) is 19.8. The predicted octanol–water partition coefficient (Wildman–Crippen LogP) is 6.21. The third kappa shape index (κ3) is 6.51. The first kappa shape index (κ1) is 31.2. The smallest absolute Gasteiger partial charge is 0.433 e. The van der Waals surface area contributed by atoms with Crippen molar-refractivity contribution in [2.24, 2.45) is 0 Å². The van der Waals surface area contributed by atoms with Crippen LogP contribution in [-0.4, -0.2) is 35.5 Å². The Kier molecular flexibility index (Phi) is 9.03. The van der Waals surface area contributed by atoms with Crippen LogP contribution >= 0.6 is 11.6 Å². The van der Waals surface area contributed by atoms with Crippen molar-refractivity contribution in [3.63, 3.8) is 0 Å². The van der Waals surface area contributed by atoms with E-state index >= 15 is 0 Å². The minimum atomic E-state index is -5.48. The quantitative estimate of drug-likeness (QED) is 0.219. The Morgan fingerprint density at radius 2 is 1.61 bits per heavy atom. The van der Waals surface area contributed by atoms with Crippen LogP contribution in [0.5, 0.6) is 0 Å². The average molecular weight is 584 g/mol. The second-order valence-corrected chi connectivity index (χ2v) is 8.18. The Labute approximate surface area is 213 Å². The lowest BCUT2D eigenvalue weighted by atomic mass is 10.1. The standard InChI is InChI=1S/C21H19ClF9N3O4/c1-5-38-17(36)16(37-4)34(18-32-13(21(29,30)31)8-14(35)33(18)9(2)3)12-7-10(19(23,24)25)6-11(15(12)22)20(26,27)28/h6-9,16H,5H2,1-4H3. The first-order chi connectivity index (χ1) is 17.2. The van der Waals surface area contributed by atoms with Crippen molar-refractivity contribution in [2.75, 3.05) is 18.6 Å². The van der Waals surface area contributed by atoms with E-state index in [0.29, 0.717) is 4.57 Å². The molecule has 0 aliphatic heterocycles. The van der Waals surface area contributed by atoms with E-state index < -0.39 is 75.8 Å². The topological polar surface area (TPSA) is 73.7 Å². The Balaban J connectivity index is 3.19. The highest BCUT2D eigenvalue weighted by molar-refractivity contribution is 6.34. The fraction of sp³-hybridized carbons (Fsp3) is 0.476. The Morgan fingerprint density at radius 3 is 2.03 bits per heavy atom. The van der Waals surface area contributed by atoms with Gasteiger partial charge in [0.2, 0.25) is 12.2 Å². The SMILES string of the molecule is CCOC(=O)C(OC)N(c1cc(C(F)(F)F)cc(C(F)(F)F)c1Cl)c1nc(C(F)(F)F)cc(=O)n1C(C)C. The molecule has 0 amide bonds. The average Bonchev–Trinajstić information content (AvgIpc) is 2.74. The van der Waals surface area contributed by atoms with Gasteiger partial charge in [0, 0.05) is 19.2 Å². The molecule has 0 radical (unpaired) electrons. The number of anilines is 2. The van der Waals surface area contributed by atoms with Gasteiger partial charge < -0.3 is 9.47 Å². The molecule has 2 aromatic rings. The van der Waals surface area contributed by atoms with E-state index in [0.717, 1.165) is 7.11 Å². The summed E-state index contributed by atoms with van der Waals surface area (Å²) in [6.45, 7) is 3.45. The number of rotatable bonds is 7. The molecule has 1 atom stereocenters. The van der Waals surface area contributed by atoms with Crippen molar-refractivity contribution in [3.05, 3.63) is 50.4 Å². The molecule has 0 spiro atoms. The summed E-state index contributed by atoms with van der Waals surface area (Å²) in [6, 6.07) is -1.25. The maximum atomic E-state index is 13.7. The van der Waals surface area contributed by atoms with Crippen LogP contribution in [0.1, 0.15) is 43.6 Å². The van der Waals surface area contributed by atoms with E-state index in [1.165, 1.54) is 20.8 Å². The van der Waals surface area contributed by atoms with E-state index in [1.54, 1.807) is 0 Å². The number of ether oxygens (including phenoxy) is 2. The second-order valence-electron chi connectivity index (χ2n) is 7.80. The van der Waals surface area contributed by atoms with Crippen LogP contribution < -0.4 is 10.5 Å². The van der Waals surface area contributed by atoms with Gasteiger partial charge in [0.25, 0.3) is 5.56 Å². The largest absolute Gasteiger partial charge is 0.463 e. The van der Waals surface area contributed by atoms with Crippen molar-refractivity contribution < 1.29 is 53.8 Å². The van der Waals surface area contributed by atoms with Crippen LogP contribution in [0.4, 0.5) is 51.1 Å². The maximum absolute atomic E-state index is 13.7. The molecule has 0 aliphatic carbocycles. The summed E-state index contributed by atoms with van der Waals surface area (Å²) in [5.41, 5.74) is -8.47. The number of nitrogens with zero attached hydrogens (tertiary/aromatic N) is 3. The monoisotopic (exact) mass is 583 g/mol. The summed E-state index contributed by atoms with van der Waals surface area (Å²) in [4.78, 5) is 28.8. The van der Waals surface area contributed by atoms with Crippen LogP contribution in [0, 0.1) is 0 Å². The highest BCUT2D eigenvalue weighted by Crippen LogP contribution is 2.46. The second kappa shape index (κ2) is 11.0. The minimum Gasteiger partial charge on any atom is -0.463 e. The number of methoxy groups -OCH3 is 1. The molecule has 38 heavy (non-hydrogen) atoms.